The minimum atomic E-state index is -3.96. The minimum absolute atomic E-state index is 0.0103. The molecule has 2 heterocycles. The van der Waals surface area contributed by atoms with Gasteiger partial charge in [-0.3, -0.25) is 4.79 Å². The van der Waals surface area contributed by atoms with Crippen molar-refractivity contribution in [3.05, 3.63) is 131 Å². The van der Waals surface area contributed by atoms with Gasteiger partial charge in [-0.2, -0.15) is 4.72 Å². The second kappa shape index (κ2) is 16.2. The summed E-state index contributed by atoms with van der Waals surface area (Å²) in [4.78, 5) is 16.2. The molecule has 0 spiro atoms. The Morgan fingerprint density at radius 3 is 2.18 bits per heavy atom. The number of aliphatic hydroxyl groups excluding tert-OH is 1. The quantitative estimate of drug-likeness (QED) is 0.167. The van der Waals surface area contributed by atoms with Crippen molar-refractivity contribution in [2.75, 3.05) is 25.0 Å². The average molecular weight is 684 g/mol. The lowest BCUT2D eigenvalue weighted by Crippen LogP contribution is -2.45. The van der Waals surface area contributed by atoms with Gasteiger partial charge in [0.1, 0.15) is 6.04 Å². The Morgan fingerprint density at radius 2 is 1.51 bits per heavy atom. The molecule has 3 N–H and O–H groups in total. The molecule has 0 saturated carbocycles. The summed E-state index contributed by atoms with van der Waals surface area (Å²) in [6, 6.07) is 30.0. The predicted octanol–water partition coefficient (Wildman–Crippen LogP) is 6.05. The first-order valence-electron chi connectivity index (χ1n) is 17.0. The van der Waals surface area contributed by atoms with Crippen LogP contribution in [0, 0.1) is 6.92 Å². The van der Waals surface area contributed by atoms with Crippen LogP contribution in [0.3, 0.4) is 0 Å². The fourth-order valence-electron chi connectivity index (χ4n) is 6.43. The summed E-state index contributed by atoms with van der Waals surface area (Å²) >= 11 is 0. The van der Waals surface area contributed by atoms with Crippen molar-refractivity contribution >= 4 is 21.6 Å². The monoisotopic (exact) mass is 683 g/mol. The molecule has 2 aliphatic rings. The number of ether oxygens (including phenoxy) is 2. The summed E-state index contributed by atoms with van der Waals surface area (Å²) in [7, 11) is -3.96. The number of rotatable bonds is 12. The summed E-state index contributed by atoms with van der Waals surface area (Å²) < 4.78 is 42.3. The number of nitrogens with zero attached hydrogens (tertiary/aromatic N) is 1. The number of aliphatic hydroxyl groups is 1. The highest BCUT2D eigenvalue weighted by molar-refractivity contribution is 7.89. The lowest BCUT2D eigenvalue weighted by Gasteiger charge is -2.39. The largest absolute Gasteiger partial charge is 0.392 e. The Morgan fingerprint density at radius 1 is 0.837 bits per heavy atom. The molecule has 6 rings (SSSR count). The maximum atomic E-state index is 13.6. The number of piperidine rings is 1. The van der Waals surface area contributed by atoms with E-state index in [1.165, 1.54) is 31.4 Å². The highest BCUT2D eigenvalue weighted by Crippen LogP contribution is 2.38. The summed E-state index contributed by atoms with van der Waals surface area (Å²) in [6.07, 6.45) is 3.75. The molecule has 2 aliphatic heterocycles. The fraction of sp³-hybridized carbons (Fsp3) is 0.359. The third kappa shape index (κ3) is 9.42. The Kier molecular flexibility index (Phi) is 11.6. The topological polar surface area (TPSA) is 117 Å². The zero-order valence-electron chi connectivity index (χ0n) is 27.8. The molecular formula is C39H45N3O6S. The van der Waals surface area contributed by atoms with Crippen molar-refractivity contribution in [2.24, 2.45) is 0 Å². The smallest absolute Gasteiger partial charge is 0.242 e. The number of hydrogen-bond acceptors (Lipinski definition) is 7. The average Bonchev–Trinajstić information content (AvgIpc) is 3.12. The molecule has 2 fully saturated rings. The fourth-order valence-corrected chi connectivity index (χ4v) is 7.62. The van der Waals surface area contributed by atoms with Gasteiger partial charge >= 0.3 is 0 Å². The number of aryl methyl sites for hydroxylation is 1. The molecule has 0 unspecified atom stereocenters. The molecule has 49 heavy (non-hydrogen) atoms. The summed E-state index contributed by atoms with van der Waals surface area (Å²) in [5, 5.41) is 12.4. The number of hydrogen-bond donors (Lipinski definition) is 3. The van der Waals surface area contributed by atoms with Gasteiger partial charge in [0.15, 0.2) is 6.29 Å². The first-order valence-corrected chi connectivity index (χ1v) is 18.5. The van der Waals surface area contributed by atoms with E-state index in [-0.39, 0.29) is 30.1 Å². The number of carbonyl (C=O) groups excluding carboxylic acids is 1. The van der Waals surface area contributed by atoms with Gasteiger partial charge in [-0.15, -0.1) is 0 Å². The third-order valence-corrected chi connectivity index (χ3v) is 10.7. The number of carbonyl (C=O) groups is 1. The van der Waals surface area contributed by atoms with E-state index in [2.05, 4.69) is 14.9 Å². The van der Waals surface area contributed by atoms with Gasteiger partial charge in [-0.25, -0.2) is 8.42 Å². The van der Waals surface area contributed by atoms with Crippen LogP contribution in [0.25, 0.3) is 0 Å². The van der Waals surface area contributed by atoms with Crippen LogP contribution in [0.15, 0.2) is 108 Å². The van der Waals surface area contributed by atoms with E-state index in [4.69, 9.17) is 9.47 Å². The molecule has 0 radical (unpaired) electrons. The van der Waals surface area contributed by atoms with Crippen LogP contribution < -0.4 is 10.0 Å². The molecule has 2 saturated heterocycles. The second-order valence-corrected chi connectivity index (χ2v) is 14.7. The Bertz CT molecular complexity index is 1760. The summed E-state index contributed by atoms with van der Waals surface area (Å²) in [5.74, 6) is -0.467. The van der Waals surface area contributed by atoms with Crippen LogP contribution in [-0.2, 0) is 37.3 Å². The molecule has 10 heteroatoms. The summed E-state index contributed by atoms with van der Waals surface area (Å²) in [6.45, 7) is 4.85. The van der Waals surface area contributed by atoms with Crippen molar-refractivity contribution in [3.63, 3.8) is 0 Å². The predicted molar refractivity (Wildman–Crippen MR) is 189 cm³/mol. The van der Waals surface area contributed by atoms with Crippen molar-refractivity contribution in [1.82, 2.24) is 9.62 Å². The molecule has 258 valence electrons. The van der Waals surface area contributed by atoms with Crippen LogP contribution in [0.4, 0.5) is 5.69 Å². The third-order valence-electron chi connectivity index (χ3n) is 9.20. The van der Waals surface area contributed by atoms with E-state index in [0.29, 0.717) is 5.69 Å². The molecule has 0 aromatic heterocycles. The standard InChI is InChI=1S/C39H45N3O6S/c1-28-10-20-35(21-11-28)49(45,46)41-36(24-29-8-4-2-5-9-29)38(44)40-33-18-16-32(17-19-33)39-47-34(26-42-22-6-3-7-23-42)25-37(48-39)31-14-12-30(27-43)13-15-31/h2,4-5,8-21,34,36-37,39,41,43H,3,6-7,22-27H2,1H3,(H,40,44)/t34-,36-,37+,39+/m1/s1. The van der Waals surface area contributed by atoms with Gasteiger partial charge in [-0.05, 0) is 80.2 Å². The number of sulfonamides is 1. The molecule has 4 aromatic rings. The number of likely N-dealkylation sites (tertiary alicyclic amines) is 1. The maximum absolute atomic E-state index is 13.6. The van der Waals surface area contributed by atoms with E-state index in [1.807, 2.05) is 73.7 Å². The van der Waals surface area contributed by atoms with Crippen molar-refractivity contribution in [2.45, 2.75) is 75.1 Å². The Balaban J connectivity index is 1.17. The molecule has 1 amide bonds. The molecular weight excluding hydrogens is 639 g/mol. The van der Waals surface area contributed by atoms with Crippen LogP contribution >= 0.6 is 0 Å². The number of nitrogens with one attached hydrogen (secondary N) is 2. The number of anilines is 1. The molecule has 4 aromatic carbocycles. The van der Waals surface area contributed by atoms with Gasteiger partial charge in [0.25, 0.3) is 0 Å². The SMILES string of the molecule is Cc1ccc(S(=O)(=O)N[C@H](Cc2ccccc2)C(=O)Nc2ccc([C@H]3O[C@@H](CN4CCCCC4)C[C@@H](c4ccc(CO)cc4)O3)cc2)cc1. The van der Waals surface area contributed by atoms with Crippen LogP contribution in [0.2, 0.25) is 0 Å². The highest BCUT2D eigenvalue weighted by Gasteiger charge is 2.33. The van der Waals surface area contributed by atoms with Crippen LogP contribution in [0.1, 0.15) is 65.9 Å². The van der Waals surface area contributed by atoms with E-state index >= 15 is 0 Å². The first kappa shape index (κ1) is 34.9. The van der Waals surface area contributed by atoms with E-state index in [1.54, 1.807) is 24.3 Å². The van der Waals surface area contributed by atoms with Crippen LogP contribution in [-0.4, -0.2) is 56.1 Å². The first-order chi connectivity index (χ1) is 23.8. The van der Waals surface area contributed by atoms with Crippen LogP contribution in [0.5, 0.6) is 0 Å². The van der Waals surface area contributed by atoms with Gasteiger partial charge in [0.2, 0.25) is 15.9 Å². The molecule has 0 bridgehead atoms. The Labute approximate surface area is 289 Å². The minimum Gasteiger partial charge on any atom is -0.392 e. The van der Waals surface area contributed by atoms with Gasteiger partial charge in [-0.1, -0.05) is 90.8 Å². The zero-order valence-corrected chi connectivity index (χ0v) is 28.6. The normalized spacial score (nSPS) is 20.8. The van der Waals surface area contributed by atoms with E-state index in [9.17, 15) is 18.3 Å². The van der Waals surface area contributed by atoms with Crippen molar-refractivity contribution in [3.8, 4) is 0 Å². The highest BCUT2D eigenvalue weighted by atomic mass is 32.2. The molecule has 9 nitrogen and oxygen atoms in total. The van der Waals surface area contributed by atoms with Gasteiger partial charge in [0.05, 0.1) is 23.7 Å². The van der Waals surface area contributed by atoms with Gasteiger partial charge < -0.3 is 24.8 Å². The van der Waals surface area contributed by atoms with Crippen molar-refractivity contribution in [1.29, 1.82) is 0 Å². The van der Waals surface area contributed by atoms with Gasteiger partial charge in [0, 0.05) is 24.2 Å². The Hall–Kier alpha value is -3.90. The van der Waals surface area contributed by atoms with E-state index in [0.717, 1.165) is 53.9 Å². The lowest BCUT2D eigenvalue weighted by molar-refractivity contribution is -0.253. The number of amides is 1. The second-order valence-electron chi connectivity index (χ2n) is 13.0. The zero-order chi connectivity index (χ0) is 34.2. The van der Waals surface area contributed by atoms with E-state index < -0.39 is 28.3 Å². The lowest BCUT2D eigenvalue weighted by atomic mass is 9.99. The summed E-state index contributed by atoms with van der Waals surface area (Å²) in [5.41, 5.74) is 5.00. The number of benzene rings is 4. The van der Waals surface area contributed by atoms with Crippen molar-refractivity contribution < 1.29 is 27.8 Å². The maximum Gasteiger partial charge on any atom is 0.242 e. The molecule has 4 atom stereocenters. The molecule has 0 aliphatic carbocycles.